The van der Waals surface area contributed by atoms with Gasteiger partial charge in [0.2, 0.25) is 0 Å². The van der Waals surface area contributed by atoms with Gasteiger partial charge in [0.15, 0.2) is 0 Å². The lowest BCUT2D eigenvalue weighted by Gasteiger charge is -2.11. The molecule has 0 atom stereocenters. The molecule has 0 unspecified atom stereocenters. The lowest BCUT2D eigenvalue weighted by Crippen LogP contribution is -2.31. The minimum atomic E-state index is -0.0205. The molecule has 0 saturated heterocycles. The van der Waals surface area contributed by atoms with Gasteiger partial charge >= 0.3 is 0 Å². The molecule has 0 spiro atoms. The Balaban J connectivity index is 1.88. The maximum Gasteiger partial charge on any atom is 0.261 e. The highest BCUT2D eigenvalue weighted by atomic mass is 32.1. The third-order valence-electron chi connectivity index (χ3n) is 2.87. The maximum absolute atomic E-state index is 11.7. The van der Waals surface area contributed by atoms with Gasteiger partial charge in [-0.25, -0.2) is 0 Å². The summed E-state index contributed by atoms with van der Waals surface area (Å²) in [4.78, 5) is 12.4. The molecule has 1 aliphatic carbocycles. The van der Waals surface area contributed by atoms with Crippen LogP contribution in [0, 0.1) is 12.3 Å². The van der Waals surface area contributed by atoms with Gasteiger partial charge in [0, 0.05) is 12.0 Å². The van der Waals surface area contributed by atoms with Crippen LogP contribution in [0.2, 0.25) is 0 Å². The third kappa shape index (κ3) is 2.38. The number of hydrogen-bond donors (Lipinski definition) is 2. The van der Waals surface area contributed by atoms with E-state index in [1.165, 1.54) is 11.3 Å². The van der Waals surface area contributed by atoms with Gasteiger partial charge in [0.25, 0.3) is 5.91 Å². The first-order chi connectivity index (χ1) is 7.15. The first-order valence-corrected chi connectivity index (χ1v) is 5.97. The van der Waals surface area contributed by atoms with Gasteiger partial charge in [-0.15, -0.1) is 11.3 Å². The average Bonchev–Trinajstić information content (AvgIpc) is 2.90. The summed E-state index contributed by atoms with van der Waals surface area (Å²) < 4.78 is 0. The molecule has 0 bridgehead atoms. The molecule has 1 aliphatic rings. The Labute approximate surface area is 93.1 Å². The first-order valence-electron chi connectivity index (χ1n) is 5.09. The number of hydrogen-bond acceptors (Lipinski definition) is 3. The van der Waals surface area contributed by atoms with Crippen LogP contribution in [-0.4, -0.2) is 24.2 Å². The maximum atomic E-state index is 11.7. The van der Waals surface area contributed by atoms with Crippen molar-refractivity contribution in [1.29, 1.82) is 0 Å². The number of aliphatic hydroxyl groups is 1. The Kier molecular flexibility index (Phi) is 2.80. The van der Waals surface area contributed by atoms with E-state index in [1.807, 2.05) is 18.4 Å². The second-order valence-corrected chi connectivity index (χ2v) is 5.24. The van der Waals surface area contributed by atoms with E-state index >= 15 is 0 Å². The van der Waals surface area contributed by atoms with Crippen LogP contribution in [0.1, 0.15) is 28.1 Å². The number of amides is 1. The van der Waals surface area contributed by atoms with Crippen LogP contribution in [0.15, 0.2) is 11.4 Å². The predicted octanol–water partition coefficient (Wildman–Crippen LogP) is 1.56. The Morgan fingerprint density at radius 2 is 2.40 bits per heavy atom. The molecule has 1 heterocycles. The molecule has 0 radical (unpaired) electrons. The summed E-state index contributed by atoms with van der Waals surface area (Å²) in [6, 6.07) is 1.89. The standard InChI is InChI=1S/C11H15NO2S/c1-8-4-9(15-5-8)10(14)12-6-11(7-13)2-3-11/h4-5,13H,2-3,6-7H2,1H3,(H,12,14). The number of aliphatic hydroxyl groups excluding tert-OH is 1. The van der Waals surface area contributed by atoms with Gasteiger partial charge in [-0.2, -0.15) is 0 Å². The largest absolute Gasteiger partial charge is 0.396 e. The fourth-order valence-corrected chi connectivity index (χ4v) is 2.29. The topological polar surface area (TPSA) is 49.3 Å². The highest BCUT2D eigenvalue weighted by Crippen LogP contribution is 2.44. The van der Waals surface area contributed by atoms with Gasteiger partial charge in [0.1, 0.15) is 0 Å². The molecule has 2 rings (SSSR count). The second-order valence-electron chi connectivity index (χ2n) is 4.33. The Bertz CT molecular complexity index is 368. The molecule has 1 aromatic heterocycles. The van der Waals surface area contributed by atoms with Crippen molar-refractivity contribution in [2.24, 2.45) is 5.41 Å². The highest BCUT2D eigenvalue weighted by Gasteiger charge is 2.42. The fourth-order valence-electron chi connectivity index (χ4n) is 1.47. The van der Waals surface area contributed by atoms with Crippen LogP contribution in [0.25, 0.3) is 0 Å². The van der Waals surface area contributed by atoms with Crippen molar-refractivity contribution in [3.8, 4) is 0 Å². The molecule has 2 N–H and O–H groups in total. The summed E-state index contributed by atoms with van der Waals surface area (Å²) >= 11 is 1.46. The van der Waals surface area contributed by atoms with Gasteiger partial charge < -0.3 is 10.4 Å². The third-order valence-corrected chi connectivity index (χ3v) is 3.92. The van der Waals surface area contributed by atoms with E-state index in [4.69, 9.17) is 5.11 Å². The van der Waals surface area contributed by atoms with Gasteiger partial charge in [-0.05, 0) is 36.8 Å². The molecule has 1 aromatic rings. The molecular formula is C11H15NO2S. The minimum Gasteiger partial charge on any atom is -0.396 e. The van der Waals surface area contributed by atoms with E-state index in [0.29, 0.717) is 6.54 Å². The quantitative estimate of drug-likeness (QED) is 0.817. The summed E-state index contributed by atoms with van der Waals surface area (Å²) in [5.41, 5.74) is 1.11. The smallest absolute Gasteiger partial charge is 0.261 e. The molecule has 0 aliphatic heterocycles. The number of carbonyl (C=O) groups excluding carboxylic acids is 1. The summed E-state index contributed by atoms with van der Waals surface area (Å²) in [6.45, 7) is 2.75. The van der Waals surface area contributed by atoms with Crippen LogP contribution < -0.4 is 5.32 Å². The number of carbonyl (C=O) groups is 1. The lowest BCUT2D eigenvalue weighted by atomic mass is 10.1. The van der Waals surface area contributed by atoms with Crippen LogP contribution in [0.4, 0.5) is 0 Å². The summed E-state index contributed by atoms with van der Waals surface area (Å²) in [7, 11) is 0. The normalized spacial score (nSPS) is 17.5. The minimum absolute atomic E-state index is 0.0119. The Morgan fingerprint density at radius 3 is 2.87 bits per heavy atom. The van der Waals surface area contributed by atoms with Crippen LogP contribution in [-0.2, 0) is 0 Å². The zero-order valence-corrected chi connectivity index (χ0v) is 9.56. The van der Waals surface area contributed by atoms with E-state index in [2.05, 4.69) is 5.32 Å². The fraction of sp³-hybridized carbons (Fsp3) is 0.545. The highest BCUT2D eigenvalue weighted by molar-refractivity contribution is 7.12. The Morgan fingerprint density at radius 1 is 1.67 bits per heavy atom. The zero-order valence-electron chi connectivity index (χ0n) is 8.75. The molecule has 82 valence electrons. The number of nitrogens with one attached hydrogen (secondary N) is 1. The van der Waals surface area contributed by atoms with Crippen molar-refractivity contribution < 1.29 is 9.90 Å². The van der Waals surface area contributed by atoms with E-state index in [0.717, 1.165) is 23.3 Å². The number of aryl methyl sites for hydroxylation is 1. The van der Waals surface area contributed by atoms with Crippen molar-refractivity contribution in [3.63, 3.8) is 0 Å². The van der Waals surface area contributed by atoms with E-state index in [1.54, 1.807) is 0 Å². The second kappa shape index (κ2) is 3.94. The van der Waals surface area contributed by atoms with E-state index in [-0.39, 0.29) is 17.9 Å². The Hall–Kier alpha value is -0.870. The SMILES string of the molecule is Cc1csc(C(=O)NCC2(CO)CC2)c1. The van der Waals surface area contributed by atoms with Crippen molar-refractivity contribution in [1.82, 2.24) is 5.32 Å². The van der Waals surface area contributed by atoms with Crippen LogP contribution in [0.3, 0.4) is 0 Å². The van der Waals surface area contributed by atoms with Crippen molar-refractivity contribution in [2.45, 2.75) is 19.8 Å². The molecule has 3 nitrogen and oxygen atoms in total. The molecule has 1 saturated carbocycles. The van der Waals surface area contributed by atoms with Gasteiger partial charge in [-0.3, -0.25) is 4.79 Å². The summed E-state index contributed by atoms with van der Waals surface area (Å²) in [5.74, 6) is -0.0205. The van der Waals surface area contributed by atoms with E-state index < -0.39 is 0 Å². The molecule has 1 amide bonds. The van der Waals surface area contributed by atoms with Gasteiger partial charge in [-0.1, -0.05) is 0 Å². The molecular weight excluding hydrogens is 210 g/mol. The molecule has 15 heavy (non-hydrogen) atoms. The molecule has 0 aromatic carbocycles. The summed E-state index contributed by atoms with van der Waals surface area (Å²) in [6.07, 6.45) is 2.04. The first kappa shape index (κ1) is 10.6. The predicted molar refractivity (Wildman–Crippen MR) is 60.1 cm³/mol. The number of thiophene rings is 1. The van der Waals surface area contributed by atoms with Crippen molar-refractivity contribution in [2.75, 3.05) is 13.2 Å². The molecule has 4 heteroatoms. The number of rotatable bonds is 4. The van der Waals surface area contributed by atoms with Crippen molar-refractivity contribution in [3.05, 3.63) is 21.9 Å². The lowest BCUT2D eigenvalue weighted by molar-refractivity contribution is 0.0939. The monoisotopic (exact) mass is 225 g/mol. The summed E-state index contributed by atoms with van der Waals surface area (Å²) in [5, 5.41) is 13.9. The average molecular weight is 225 g/mol. The van der Waals surface area contributed by atoms with Gasteiger partial charge in [0.05, 0.1) is 11.5 Å². The van der Waals surface area contributed by atoms with Crippen molar-refractivity contribution >= 4 is 17.2 Å². The zero-order chi connectivity index (χ0) is 10.9. The van der Waals surface area contributed by atoms with Crippen LogP contribution >= 0.6 is 11.3 Å². The van der Waals surface area contributed by atoms with Crippen LogP contribution in [0.5, 0.6) is 0 Å². The molecule has 1 fully saturated rings. The van der Waals surface area contributed by atoms with E-state index in [9.17, 15) is 4.79 Å².